The molecule has 28 heavy (non-hydrogen) atoms. The fraction of sp³-hybridized carbons (Fsp3) is 0.238. The molecule has 1 N–H and O–H groups in total. The number of hydrogen-bond donors (Lipinski definition) is 1. The van der Waals surface area contributed by atoms with Crippen molar-refractivity contribution in [2.75, 3.05) is 11.9 Å². The molecule has 0 saturated carbocycles. The van der Waals surface area contributed by atoms with Gasteiger partial charge in [0.2, 0.25) is 5.65 Å². The van der Waals surface area contributed by atoms with Crippen molar-refractivity contribution in [3.8, 4) is 0 Å². The van der Waals surface area contributed by atoms with Crippen molar-refractivity contribution in [1.82, 2.24) is 19.6 Å². The zero-order chi connectivity index (χ0) is 19.5. The predicted molar refractivity (Wildman–Crippen MR) is 108 cm³/mol. The first kappa shape index (κ1) is 17.9. The van der Waals surface area contributed by atoms with Crippen LogP contribution in [0.5, 0.6) is 0 Å². The molecule has 0 atom stereocenters. The Bertz CT molecular complexity index is 1130. The first-order valence-electron chi connectivity index (χ1n) is 9.32. The number of benzene rings is 2. The van der Waals surface area contributed by atoms with Crippen molar-refractivity contribution in [1.29, 1.82) is 0 Å². The highest BCUT2D eigenvalue weighted by Crippen LogP contribution is 2.24. The predicted octanol–water partition coefficient (Wildman–Crippen LogP) is 4.29. The molecule has 2 aromatic heterocycles. The Kier molecular flexibility index (Phi) is 4.89. The molecule has 7 nitrogen and oxygen atoms in total. The normalized spacial score (nSPS) is 11.1. The number of unbranched alkanes of at least 4 members (excludes halogenated alkanes) is 1. The number of anilines is 2. The summed E-state index contributed by atoms with van der Waals surface area (Å²) in [6, 6.07) is 15.0. The van der Waals surface area contributed by atoms with E-state index in [1.165, 1.54) is 0 Å². The Morgan fingerprint density at radius 1 is 1.11 bits per heavy atom. The molecule has 0 fully saturated rings. The number of hydrogen-bond acceptors (Lipinski definition) is 6. The Balaban J connectivity index is 1.62. The molecule has 7 heteroatoms. The largest absolute Gasteiger partial charge is 0.462 e. The van der Waals surface area contributed by atoms with E-state index in [4.69, 9.17) is 9.72 Å². The van der Waals surface area contributed by atoms with Gasteiger partial charge in [0, 0.05) is 5.69 Å². The fourth-order valence-corrected chi connectivity index (χ4v) is 3.03. The highest BCUT2D eigenvalue weighted by atomic mass is 16.5. The summed E-state index contributed by atoms with van der Waals surface area (Å²) in [6.45, 7) is 4.42. The number of ether oxygens (including phenoxy) is 1. The summed E-state index contributed by atoms with van der Waals surface area (Å²) in [5, 5.41) is 11.7. The second kappa shape index (κ2) is 7.64. The maximum absolute atomic E-state index is 12.0. The molecule has 0 saturated heterocycles. The standard InChI is InChI=1S/C21H21N5O2/c1-3-4-13-28-21(27)15-9-11-16(12-10-15)22-19-20-25-24-14(2)26(20)18-8-6-5-7-17(18)23-19/h5-12H,3-4,13H2,1-2H3,(H,22,23). The summed E-state index contributed by atoms with van der Waals surface area (Å²) in [5.74, 6) is 1.10. The Morgan fingerprint density at radius 2 is 1.89 bits per heavy atom. The smallest absolute Gasteiger partial charge is 0.338 e. The van der Waals surface area contributed by atoms with Crippen LogP contribution < -0.4 is 5.32 Å². The van der Waals surface area contributed by atoms with E-state index in [0.717, 1.165) is 35.4 Å². The summed E-state index contributed by atoms with van der Waals surface area (Å²) in [4.78, 5) is 16.7. The van der Waals surface area contributed by atoms with Gasteiger partial charge in [0.05, 0.1) is 23.2 Å². The Hall–Kier alpha value is -3.48. The van der Waals surface area contributed by atoms with E-state index in [0.29, 0.717) is 23.6 Å². The van der Waals surface area contributed by atoms with E-state index >= 15 is 0 Å². The minimum absolute atomic E-state index is 0.306. The van der Waals surface area contributed by atoms with Crippen LogP contribution in [0.2, 0.25) is 0 Å². The molecule has 0 radical (unpaired) electrons. The van der Waals surface area contributed by atoms with E-state index in [1.807, 2.05) is 47.7 Å². The lowest BCUT2D eigenvalue weighted by atomic mass is 10.2. The van der Waals surface area contributed by atoms with Gasteiger partial charge in [-0.3, -0.25) is 4.40 Å². The number of aryl methyl sites for hydroxylation is 1. The maximum Gasteiger partial charge on any atom is 0.338 e. The van der Waals surface area contributed by atoms with Crippen LogP contribution in [-0.2, 0) is 4.74 Å². The number of nitrogens with one attached hydrogen (secondary N) is 1. The van der Waals surface area contributed by atoms with Crippen LogP contribution in [-0.4, -0.2) is 32.2 Å². The third-order valence-electron chi connectivity index (χ3n) is 4.51. The van der Waals surface area contributed by atoms with Gasteiger partial charge in [0.15, 0.2) is 5.82 Å². The molecule has 4 rings (SSSR count). The van der Waals surface area contributed by atoms with Gasteiger partial charge in [-0.1, -0.05) is 25.5 Å². The monoisotopic (exact) mass is 375 g/mol. The molecule has 2 aromatic carbocycles. The summed E-state index contributed by atoms with van der Waals surface area (Å²) in [7, 11) is 0. The lowest BCUT2D eigenvalue weighted by Gasteiger charge is -2.10. The average Bonchev–Trinajstić information content (AvgIpc) is 3.11. The van der Waals surface area contributed by atoms with E-state index in [1.54, 1.807) is 12.1 Å². The first-order valence-corrected chi connectivity index (χ1v) is 9.32. The van der Waals surface area contributed by atoms with Crippen LogP contribution in [0.3, 0.4) is 0 Å². The van der Waals surface area contributed by atoms with E-state index < -0.39 is 0 Å². The zero-order valence-corrected chi connectivity index (χ0v) is 15.8. The molecule has 2 heterocycles. The Labute approximate surface area is 162 Å². The number of nitrogens with zero attached hydrogens (tertiary/aromatic N) is 4. The minimum atomic E-state index is -0.306. The van der Waals surface area contributed by atoms with Crippen molar-refractivity contribution in [2.24, 2.45) is 0 Å². The van der Waals surface area contributed by atoms with Crippen LogP contribution in [0.4, 0.5) is 11.5 Å². The van der Waals surface area contributed by atoms with Crippen LogP contribution >= 0.6 is 0 Å². The third-order valence-corrected chi connectivity index (χ3v) is 4.51. The van der Waals surface area contributed by atoms with E-state index in [-0.39, 0.29) is 5.97 Å². The van der Waals surface area contributed by atoms with Gasteiger partial charge in [0.1, 0.15) is 5.82 Å². The lowest BCUT2D eigenvalue weighted by molar-refractivity contribution is 0.0500. The first-order chi connectivity index (χ1) is 13.7. The van der Waals surface area contributed by atoms with Gasteiger partial charge in [-0.25, -0.2) is 9.78 Å². The molecular formula is C21H21N5O2. The van der Waals surface area contributed by atoms with Crippen LogP contribution in [0.1, 0.15) is 35.9 Å². The van der Waals surface area contributed by atoms with Crippen molar-refractivity contribution < 1.29 is 9.53 Å². The average molecular weight is 375 g/mol. The van der Waals surface area contributed by atoms with Crippen LogP contribution in [0.15, 0.2) is 48.5 Å². The Morgan fingerprint density at radius 3 is 2.68 bits per heavy atom. The topological polar surface area (TPSA) is 81.4 Å². The highest BCUT2D eigenvalue weighted by Gasteiger charge is 2.13. The number of rotatable bonds is 6. The molecule has 0 unspecified atom stereocenters. The van der Waals surface area contributed by atoms with Gasteiger partial charge < -0.3 is 10.1 Å². The van der Waals surface area contributed by atoms with Crippen LogP contribution in [0.25, 0.3) is 16.7 Å². The van der Waals surface area contributed by atoms with Gasteiger partial charge in [-0.2, -0.15) is 0 Å². The molecule has 0 bridgehead atoms. The molecule has 0 aliphatic carbocycles. The zero-order valence-electron chi connectivity index (χ0n) is 15.8. The quantitative estimate of drug-likeness (QED) is 0.400. The second-order valence-corrected chi connectivity index (χ2v) is 6.55. The summed E-state index contributed by atoms with van der Waals surface area (Å²) in [6.07, 6.45) is 1.86. The maximum atomic E-state index is 12.0. The molecule has 0 spiro atoms. The third kappa shape index (κ3) is 3.38. The summed E-state index contributed by atoms with van der Waals surface area (Å²) in [5.41, 5.74) is 3.78. The molecule has 142 valence electrons. The van der Waals surface area contributed by atoms with Gasteiger partial charge in [-0.05, 0) is 49.7 Å². The number of aromatic nitrogens is 4. The van der Waals surface area contributed by atoms with Crippen molar-refractivity contribution in [3.05, 3.63) is 59.9 Å². The minimum Gasteiger partial charge on any atom is -0.462 e. The van der Waals surface area contributed by atoms with Gasteiger partial charge >= 0.3 is 5.97 Å². The number of carbonyl (C=O) groups is 1. The summed E-state index contributed by atoms with van der Waals surface area (Å²) >= 11 is 0. The number of fused-ring (bicyclic) bond motifs is 3. The van der Waals surface area contributed by atoms with Gasteiger partial charge in [-0.15, -0.1) is 10.2 Å². The molecule has 4 aromatic rings. The summed E-state index contributed by atoms with van der Waals surface area (Å²) < 4.78 is 7.22. The van der Waals surface area contributed by atoms with Crippen LogP contribution in [0, 0.1) is 6.92 Å². The number of para-hydroxylation sites is 2. The number of esters is 1. The number of carbonyl (C=O) groups excluding carboxylic acids is 1. The molecular weight excluding hydrogens is 354 g/mol. The van der Waals surface area contributed by atoms with Gasteiger partial charge in [0.25, 0.3) is 0 Å². The SMILES string of the molecule is CCCCOC(=O)c1ccc(Nc2nc3ccccc3n3c(C)nnc23)cc1. The fourth-order valence-electron chi connectivity index (χ4n) is 3.03. The van der Waals surface area contributed by atoms with E-state index in [9.17, 15) is 4.79 Å². The highest BCUT2D eigenvalue weighted by molar-refractivity contribution is 5.90. The van der Waals surface area contributed by atoms with Crippen molar-refractivity contribution in [3.63, 3.8) is 0 Å². The van der Waals surface area contributed by atoms with Crippen molar-refractivity contribution >= 4 is 34.2 Å². The second-order valence-electron chi connectivity index (χ2n) is 6.55. The lowest BCUT2D eigenvalue weighted by Crippen LogP contribution is -2.06. The molecule has 0 aliphatic rings. The molecule has 0 aliphatic heterocycles. The molecule has 0 amide bonds. The van der Waals surface area contributed by atoms with Crippen molar-refractivity contribution in [2.45, 2.75) is 26.7 Å². The van der Waals surface area contributed by atoms with E-state index in [2.05, 4.69) is 22.4 Å².